The first-order chi connectivity index (χ1) is 5.52. The first kappa shape index (κ1) is 9.19. The van der Waals surface area contributed by atoms with Crippen LogP contribution < -0.4 is 4.90 Å². The fraction of sp³-hybridized carbons (Fsp3) is 0.429. The highest BCUT2D eigenvalue weighted by Crippen LogP contribution is 2.16. The molecule has 0 aromatic carbocycles. The van der Waals surface area contributed by atoms with Crippen molar-refractivity contribution in [2.45, 2.75) is 6.92 Å². The van der Waals surface area contributed by atoms with E-state index in [1.54, 1.807) is 25.9 Å². The lowest BCUT2D eigenvalue weighted by Gasteiger charge is -2.10. The molecule has 0 N–H and O–H groups in total. The molecule has 1 aromatic heterocycles. The lowest BCUT2D eigenvalue weighted by Crippen LogP contribution is -2.14. The Balaban J connectivity index is 3.21. The van der Waals surface area contributed by atoms with Crippen LogP contribution in [0.4, 0.5) is 10.3 Å². The Morgan fingerprint density at radius 1 is 1.33 bits per heavy atom. The molecule has 0 amide bonds. The standard InChI is InChI=1S/C7H9ClFN3/c1-4-5(9)6(8)11-7(10-4)12(2)3/h1-3H3. The molecular formula is C7H9ClFN3. The quantitative estimate of drug-likeness (QED) is 0.629. The van der Waals surface area contributed by atoms with Gasteiger partial charge in [-0.1, -0.05) is 11.6 Å². The van der Waals surface area contributed by atoms with E-state index in [0.717, 1.165) is 0 Å². The fourth-order valence-electron chi connectivity index (χ4n) is 0.710. The lowest BCUT2D eigenvalue weighted by molar-refractivity contribution is 0.601. The third kappa shape index (κ3) is 1.64. The van der Waals surface area contributed by atoms with Crippen LogP contribution in [0.5, 0.6) is 0 Å². The molecule has 3 nitrogen and oxygen atoms in total. The van der Waals surface area contributed by atoms with Gasteiger partial charge in [-0.15, -0.1) is 0 Å². The van der Waals surface area contributed by atoms with Crippen molar-refractivity contribution in [3.63, 3.8) is 0 Å². The molecule has 1 rings (SSSR count). The molecule has 66 valence electrons. The van der Waals surface area contributed by atoms with Crippen molar-refractivity contribution in [2.24, 2.45) is 0 Å². The van der Waals surface area contributed by atoms with E-state index < -0.39 is 5.82 Å². The number of hydrogen-bond donors (Lipinski definition) is 0. The second kappa shape index (κ2) is 3.23. The zero-order valence-electron chi connectivity index (χ0n) is 7.10. The van der Waals surface area contributed by atoms with E-state index in [9.17, 15) is 4.39 Å². The summed E-state index contributed by atoms with van der Waals surface area (Å²) in [6, 6.07) is 0. The number of anilines is 1. The second-order valence-electron chi connectivity index (χ2n) is 2.61. The summed E-state index contributed by atoms with van der Waals surface area (Å²) in [5.74, 6) is -0.138. The second-order valence-corrected chi connectivity index (χ2v) is 2.97. The van der Waals surface area contributed by atoms with Gasteiger partial charge in [0, 0.05) is 14.1 Å². The highest BCUT2D eigenvalue weighted by atomic mass is 35.5. The molecule has 0 atom stereocenters. The van der Waals surface area contributed by atoms with E-state index in [0.29, 0.717) is 5.95 Å². The predicted octanol–water partition coefficient (Wildman–Crippen LogP) is 1.64. The average Bonchev–Trinajstić information content (AvgIpc) is 1.99. The van der Waals surface area contributed by atoms with Crippen LogP contribution >= 0.6 is 11.6 Å². The van der Waals surface area contributed by atoms with Crippen LogP contribution in [0.15, 0.2) is 0 Å². The van der Waals surface area contributed by atoms with Crippen molar-refractivity contribution in [1.82, 2.24) is 9.97 Å². The van der Waals surface area contributed by atoms with Gasteiger partial charge in [-0.25, -0.2) is 9.37 Å². The van der Waals surface area contributed by atoms with E-state index in [2.05, 4.69) is 9.97 Å². The molecule has 0 aliphatic heterocycles. The zero-order chi connectivity index (χ0) is 9.30. The monoisotopic (exact) mass is 189 g/mol. The SMILES string of the molecule is Cc1nc(N(C)C)nc(Cl)c1F. The minimum absolute atomic E-state index is 0.133. The smallest absolute Gasteiger partial charge is 0.226 e. The van der Waals surface area contributed by atoms with Crippen LogP contribution in [-0.2, 0) is 0 Å². The van der Waals surface area contributed by atoms with Crippen molar-refractivity contribution >= 4 is 17.5 Å². The van der Waals surface area contributed by atoms with Gasteiger partial charge < -0.3 is 4.90 Å². The number of hydrogen-bond acceptors (Lipinski definition) is 3. The Kier molecular flexibility index (Phi) is 2.47. The molecule has 5 heteroatoms. The first-order valence-electron chi connectivity index (χ1n) is 3.39. The molecule has 12 heavy (non-hydrogen) atoms. The van der Waals surface area contributed by atoms with Gasteiger partial charge in [-0.05, 0) is 6.92 Å². The topological polar surface area (TPSA) is 29.0 Å². The number of rotatable bonds is 1. The maximum absolute atomic E-state index is 12.9. The largest absolute Gasteiger partial charge is 0.347 e. The van der Waals surface area contributed by atoms with Crippen LogP contribution in [0.3, 0.4) is 0 Å². The van der Waals surface area contributed by atoms with Crippen molar-refractivity contribution < 1.29 is 4.39 Å². The Labute approximate surface area is 75.2 Å². The molecule has 0 aliphatic rings. The molecule has 0 spiro atoms. The van der Waals surface area contributed by atoms with E-state index in [-0.39, 0.29) is 10.8 Å². The molecule has 0 unspecified atom stereocenters. The average molecular weight is 190 g/mol. The molecular weight excluding hydrogens is 181 g/mol. The summed E-state index contributed by atoms with van der Waals surface area (Å²) >= 11 is 5.51. The predicted molar refractivity (Wildman–Crippen MR) is 46.1 cm³/mol. The van der Waals surface area contributed by atoms with Crippen molar-refractivity contribution in [3.05, 3.63) is 16.7 Å². The van der Waals surface area contributed by atoms with E-state index >= 15 is 0 Å². The van der Waals surface area contributed by atoms with Gasteiger partial charge in [0.15, 0.2) is 11.0 Å². The Morgan fingerprint density at radius 2 is 1.92 bits per heavy atom. The highest BCUT2D eigenvalue weighted by molar-refractivity contribution is 6.29. The van der Waals surface area contributed by atoms with Gasteiger partial charge in [0.25, 0.3) is 0 Å². The summed E-state index contributed by atoms with van der Waals surface area (Å²) in [4.78, 5) is 9.29. The van der Waals surface area contributed by atoms with Gasteiger partial charge in [-0.3, -0.25) is 0 Å². The maximum atomic E-state index is 12.9. The summed E-state index contributed by atoms with van der Waals surface area (Å²) in [6.07, 6.45) is 0. The Hall–Kier alpha value is -0.900. The molecule has 0 radical (unpaired) electrons. The Bertz CT molecular complexity index is 278. The zero-order valence-corrected chi connectivity index (χ0v) is 7.85. The third-order valence-electron chi connectivity index (χ3n) is 1.36. The molecule has 0 saturated carbocycles. The van der Waals surface area contributed by atoms with Crippen LogP contribution in [0.1, 0.15) is 5.69 Å². The minimum Gasteiger partial charge on any atom is -0.347 e. The number of nitrogens with zero attached hydrogens (tertiary/aromatic N) is 3. The van der Waals surface area contributed by atoms with Crippen molar-refractivity contribution in [1.29, 1.82) is 0 Å². The van der Waals surface area contributed by atoms with Crippen molar-refractivity contribution in [3.8, 4) is 0 Å². The first-order valence-corrected chi connectivity index (χ1v) is 3.77. The number of aromatic nitrogens is 2. The van der Waals surface area contributed by atoms with E-state index in [1.165, 1.54) is 0 Å². The van der Waals surface area contributed by atoms with Crippen LogP contribution in [-0.4, -0.2) is 24.1 Å². The molecule has 0 bridgehead atoms. The maximum Gasteiger partial charge on any atom is 0.226 e. The minimum atomic E-state index is -0.553. The summed E-state index contributed by atoms with van der Waals surface area (Å²) in [7, 11) is 3.53. The van der Waals surface area contributed by atoms with Gasteiger partial charge in [-0.2, -0.15) is 4.98 Å². The summed E-state index contributed by atoms with van der Waals surface area (Å²) in [5, 5.41) is -0.133. The number of aryl methyl sites for hydroxylation is 1. The van der Waals surface area contributed by atoms with Gasteiger partial charge >= 0.3 is 0 Å². The third-order valence-corrected chi connectivity index (χ3v) is 1.62. The van der Waals surface area contributed by atoms with Crippen LogP contribution in [0.25, 0.3) is 0 Å². The number of halogens is 2. The van der Waals surface area contributed by atoms with Crippen LogP contribution in [0.2, 0.25) is 5.15 Å². The summed E-state index contributed by atoms with van der Waals surface area (Å²) < 4.78 is 12.9. The lowest BCUT2D eigenvalue weighted by atomic mass is 10.4. The summed E-state index contributed by atoms with van der Waals surface area (Å²) in [5.41, 5.74) is 0.263. The molecule has 0 fully saturated rings. The van der Waals surface area contributed by atoms with Gasteiger partial charge in [0.1, 0.15) is 0 Å². The van der Waals surface area contributed by atoms with Gasteiger partial charge in [0.05, 0.1) is 5.69 Å². The summed E-state index contributed by atoms with van der Waals surface area (Å²) in [6.45, 7) is 1.55. The molecule has 0 saturated heterocycles. The molecule has 1 heterocycles. The highest BCUT2D eigenvalue weighted by Gasteiger charge is 2.09. The van der Waals surface area contributed by atoms with E-state index in [4.69, 9.17) is 11.6 Å². The Morgan fingerprint density at radius 3 is 2.33 bits per heavy atom. The molecule has 0 aliphatic carbocycles. The van der Waals surface area contributed by atoms with Crippen molar-refractivity contribution in [2.75, 3.05) is 19.0 Å². The van der Waals surface area contributed by atoms with Crippen LogP contribution in [0, 0.1) is 12.7 Å². The van der Waals surface area contributed by atoms with E-state index in [1.807, 2.05) is 0 Å². The molecule has 1 aromatic rings. The normalized spacial score (nSPS) is 10.1. The van der Waals surface area contributed by atoms with Gasteiger partial charge in [0.2, 0.25) is 5.95 Å². The fourth-order valence-corrected chi connectivity index (χ4v) is 0.923.